The molecule has 1 aromatic carbocycles. The number of hydrogen-bond donors (Lipinski definition) is 2. The van der Waals surface area contributed by atoms with Gasteiger partial charge in [0, 0.05) is 23.4 Å². The number of hydrogen-bond acceptors (Lipinski definition) is 2. The van der Waals surface area contributed by atoms with Crippen LogP contribution in [0, 0.1) is 12.3 Å². The van der Waals surface area contributed by atoms with Gasteiger partial charge in [0.2, 0.25) is 5.91 Å². The Bertz CT molecular complexity index is 608. The Kier molecular flexibility index (Phi) is 3.93. The molecule has 0 aliphatic rings. The monoisotopic (exact) mass is 271 g/mol. The van der Waals surface area contributed by atoms with Crippen LogP contribution < -0.4 is 5.32 Å². The number of nitrogens with zero attached hydrogens (tertiary/aromatic N) is 1. The van der Waals surface area contributed by atoms with E-state index in [0.29, 0.717) is 6.42 Å². The summed E-state index contributed by atoms with van der Waals surface area (Å²) >= 11 is 0. The number of anilines is 1. The van der Waals surface area contributed by atoms with Crippen LogP contribution in [0.15, 0.2) is 30.3 Å². The van der Waals surface area contributed by atoms with Crippen LogP contribution in [-0.4, -0.2) is 16.1 Å². The van der Waals surface area contributed by atoms with E-state index in [1.807, 2.05) is 37.3 Å². The van der Waals surface area contributed by atoms with E-state index in [4.69, 9.17) is 0 Å². The topological polar surface area (TPSA) is 57.8 Å². The first kappa shape index (κ1) is 14.3. The van der Waals surface area contributed by atoms with Crippen LogP contribution in [0.5, 0.6) is 0 Å². The molecule has 20 heavy (non-hydrogen) atoms. The third-order valence-electron chi connectivity index (χ3n) is 2.84. The minimum Gasteiger partial charge on any atom is -0.326 e. The average molecular weight is 271 g/mol. The van der Waals surface area contributed by atoms with Gasteiger partial charge in [-0.25, -0.2) is 0 Å². The molecular formula is C16H21N3O. The van der Waals surface area contributed by atoms with Gasteiger partial charge in [-0.1, -0.05) is 32.9 Å². The molecule has 0 saturated carbocycles. The first-order valence-corrected chi connectivity index (χ1v) is 6.76. The van der Waals surface area contributed by atoms with Crippen molar-refractivity contribution >= 4 is 11.6 Å². The van der Waals surface area contributed by atoms with Crippen LogP contribution >= 0.6 is 0 Å². The van der Waals surface area contributed by atoms with Crippen LogP contribution in [0.4, 0.5) is 5.69 Å². The molecule has 1 heterocycles. The minimum atomic E-state index is -0.0129. The number of H-pyrrole nitrogens is 1. The Hall–Kier alpha value is -2.10. The van der Waals surface area contributed by atoms with Crippen LogP contribution in [0.25, 0.3) is 11.3 Å². The maximum atomic E-state index is 11.9. The number of nitrogens with one attached hydrogen (secondary N) is 2. The smallest absolute Gasteiger partial charge is 0.224 e. The third-order valence-corrected chi connectivity index (χ3v) is 2.84. The molecule has 0 unspecified atom stereocenters. The van der Waals surface area contributed by atoms with E-state index < -0.39 is 0 Å². The average Bonchev–Trinajstić information content (AvgIpc) is 2.73. The Morgan fingerprint density at radius 3 is 2.65 bits per heavy atom. The lowest BCUT2D eigenvalue weighted by molar-refractivity contribution is -0.117. The summed E-state index contributed by atoms with van der Waals surface area (Å²) in [5.74, 6) is 0.0351. The first-order valence-electron chi connectivity index (χ1n) is 6.76. The summed E-state index contributed by atoms with van der Waals surface area (Å²) < 4.78 is 0. The van der Waals surface area contributed by atoms with Crippen molar-refractivity contribution in [3.8, 4) is 11.3 Å². The van der Waals surface area contributed by atoms with Crippen LogP contribution in [0.1, 0.15) is 32.9 Å². The number of carbonyl (C=O) groups excluding carboxylic acids is 1. The normalized spacial score (nSPS) is 11.4. The molecule has 0 saturated heterocycles. The molecule has 0 radical (unpaired) electrons. The molecular weight excluding hydrogens is 250 g/mol. The number of carbonyl (C=O) groups is 1. The number of aromatic amines is 1. The molecule has 4 heteroatoms. The fourth-order valence-electron chi connectivity index (χ4n) is 2.01. The lowest BCUT2D eigenvalue weighted by atomic mass is 9.92. The van der Waals surface area contributed by atoms with Crippen molar-refractivity contribution in [1.82, 2.24) is 10.2 Å². The standard InChI is InChI=1S/C16H21N3O/c1-11-8-14(19-18-11)12-6-5-7-13(9-12)17-15(20)10-16(2,3)4/h5-9H,10H2,1-4H3,(H,17,20)(H,18,19). The molecule has 0 aliphatic heterocycles. The number of aryl methyl sites for hydroxylation is 1. The third kappa shape index (κ3) is 3.95. The second-order valence-electron chi connectivity index (χ2n) is 6.30. The summed E-state index contributed by atoms with van der Waals surface area (Å²) in [6.07, 6.45) is 0.499. The number of rotatable bonds is 3. The van der Waals surface area contributed by atoms with Gasteiger partial charge in [0.1, 0.15) is 0 Å². The van der Waals surface area contributed by atoms with Crippen molar-refractivity contribution < 1.29 is 4.79 Å². The zero-order valence-electron chi connectivity index (χ0n) is 12.4. The van der Waals surface area contributed by atoms with Gasteiger partial charge >= 0.3 is 0 Å². The van der Waals surface area contributed by atoms with Gasteiger partial charge in [0.15, 0.2) is 0 Å². The van der Waals surface area contributed by atoms with Crippen LogP contribution in [0.2, 0.25) is 0 Å². The molecule has 1 aromatic heterocycles. The lowest BCUT2D eigenvalue weighted by Gasteiger charge is -2.17. The number of amides is 1. The van der Waals surface area contributed by atoms with Crippen molar-refractivity contribution in [1.29, 1.82) is 0 Å². The van der Waals surface area contributed by atoms with Gasteiger partial charge in [-0.15, -0.1) is 0 Å². The maximum Gasteiger partial charge on any atom is 0.224 e. The van der Waals surface area contributed by atoms with Crippen molar-refractivity contribution in [2.75, 3.05) is 5.32 Å². The Morgan fingerprint density at radius 1 is 1.30 bits per heavy atom. The highest BCUT2D eigenvalue weighted by atomic mass is 16.1. The molecule has 1 amide bonds. The molecule has 0 bridgehead atoms. The molecule has 2 rings (SSSR count). The molecule has 2 aromatic rings. The number of aromatic nitrogens is 2. The predicted octanol–water partition coefficient (Wildman–Crippen LogP) is 3.76. The van der Waals surface area contributed by atoms with Crippen molar-refractivity contribution in [2.45, 2.75) is 34.1 Å². The van der Waals surface area contributed by atoms with E-state index in [-0.39, 0.29) is 11.3 Å². The number of benzene rings is 1. The van der Waals surface area contributed by atoms with Gasteiger partial charge in [0.25, 0.3) is 0 Å². The van der Waals surface area contributed by atoms with Crippen LogP contribution in [0.3, 0.4) is 0 Å². The molecule has 0 atom stereocenters. The Morgan fingerprint density at radius 2 is 2.05 bits per heavy atom. The van der Waals surface area contributed by atoms with Crippen molar-refractivity contribution in [3.63, 3.8) is 0 Å². The summed E-state index contributed by atoms with van der Waals surface area (Å²) in [4.78, 5) is 11.9. The zero-order valence-corrected chi connectivity index (χ0v) is 12.4. The van der Waals surface area contributed by atoms with E-state index in [0.717, 1.165) is 22.6 Å². The summed E-state index contributed by atoms with van der Waals surface area (Å²) in [6.45, 7) is 8.12. The van der Waals surface area contributed by atoms with Gasteiger partial charge in [-0.05, 0) is 30.5 Å². The van der Waals surface area contributed by atoms with Gasteiger partial charge in [0.05, 0.1) is 5.69 Å². The summed E-state index contributed by atoms with van der Waals surface area (Å²) in [7, 11) is 0. The van der Waals surface area contributed by atoms with Gasteiger partial charge < -0.3 is 5.32 Å². The SMILES string of the molecule is Cc1cc(-c2cccc(NC(=O)CC(C)(C)C)c2)n[nH]1. The fourth-order valence-corrected chi connectivity index (χ4v) is 2.01. The summed E-state index contributed by atoms with van der Waals surface area (Å²) in [6, 6.07) is 9.72. The largest absolute Gasteiger partial charge is 0.326 e. The van der Waals surface area contributed by atoms with Crippen LogP contribution in [-0.2, 0) is 4.79 Å². The molecule has 0 aliphatic carbocycles. The van der Waals surface area contributed by atoms with Crippen molar-refractivity contribution in [2.24, 2.45) is 5.41 Å². The minimum absolute atomic E-state index is 0.0129. The second-order valence-corrected chi connectivity index (χ2v) is 6.30. The Balaban J connectivity index is 2.12. The summed E-state index contributed by atoms with van der Waals surface area (Å²) in [5.41, 5.74) is 3.68. The predicted molar refractivity (Wildman–Crippen MR) is 81.5 cm³/mol. The van der Waals surface area contributed by atoms with E-state index in [1.54, 1.807) is 0 Å². The highest BCUT2D eigenvalue weighted by Gasteiger charge is 2.16. The van der Waals surface area contributed by atoms with Crippen molar-refractivity contribution in [3.05, 3.63) is 36.0 Å². The fraction of sp³-hybridized carbons (Fsp3) is 0.375. The van der Waals surface area contributed by atoms with E-state index in [2.05, 4.69) is 36.3 Å². The molecule has 0 fully saturated rings. The molecule has 2 N–H and O–H groups in total. The molecule has 106 valence electrons. The van der Waals surface area contributed by atoms with Gasteiger partial charge in [-0.2, -0.15) is 5.10 Å². The highest BCUT2D eigenvalue weighted by Crippen LogP contribution is 2.23. The molecule has 0 spiro atoms. The first-order chi connectivity index (χ1) is 9.33. The zero-order chi connectivity index (χ0) is 14.8. The van der Waals surface area contributed by atoms with Gasteiger partial charge in [-0.3, -0.25) is 9.89 Å². The summed E-state index contributed by atoms with van der Waals surface area (Å²) in [5, 5.41) is 10.1. The highest BCUT2D eigenvalue weighted by molar-refractivity contribution is 5.91. The van der Waals surface area contributed by atoms with E-state index in [1.165, 1.54) is 0 Å². The quantitative estimate of drug-likeness (QED) is 0.893. The Labute approximate surface area is 119 Å². The van der Waals surface area contributed by atoms with E-state index >= 15 is 0 Å². The second kappa shape index (κ2) is 5.49. The van der Waals surface area contributed by atoms with E-state index in [9.17, 15) is 4.79 Å². The molecule has 4 nitrogen and oxygen atoms in total. The maximum absolute atomic E-state index is 11.9. The lowest BCUT2D eigenvalue weighted by Crippen LogP contribution is -2.19.